The summed E-state index contributed by atoms with van der Waals surface area (Å²) in [6.07, 6.45) is 4.78. The number of benzene rings is 2. The van der Waals surface area contributed by atoms with Crippen LogP contribution < -0.4 is 16.0 Å². The topological polar surface area (TPSA) is 100 Å². The molecule has 0 bridgehead atoms. The molecule has 0 saturated carbocycles. The minimum atomic E-state index is -0.311. The van der Waals surface area contributed by atoms with Crippen LogP contribution in [-0.2, 0) is 11.3 Å². The minimum Gasteiger partial charge on any atom is -0.404 e. The molecule has 0 unspecified atom stereocenters. The third-order valence-electron chi connectivity index (χ3n) is 6.63. The molecule has 2 heterocycles. The Morgan fingerprint density at radius 1 is 1.18 bits per heavy atom. The zero-order valence-electron chi connectivity index (χ0n) is 19.7. The van der Waals surface area contributed by atoms with Crippen LogP contribution in [0.2, 0.25) is 0 Å². The summed E-state index contributed by atoms with van der Waals surface area (Å²) in [4.78, 5) is 33.7. The third-order valence-corrected chi connectivity index (χ3v) is 6.63. The fraction of sp³-hybridized carbons (Fsp3) is 0.346. The smallest absolute Gasteiger partial charge is 0.325 e. The second-order valence-corrected chi connectivity index (χ2v) is 8.63. The van der Waals surface area contributed by atoms with Crippen LogP contribution in [0.4, 0.5) is 10.5 Å². The van der Waals surface area contributed by atoms with E-state index in [4.69, 9.17) is 10.5 Å². The molecular formula is C26H31N5O3. The number of amides is 3. The summed E-state index contributed by atoms with van der Waals surface area (Å²) >= 11 is 0. The van der Waals surface area contributed by atoms with E-state index in [2.05, 4.69) is 10.3 Å². The molecule has 2 saturated heterocycles. The van der Waals surface area contributed by atoms with Gasteiger partial charge >= 0.3 is 6.03 Å². The lowest BCUT2D eigenvalue weighted by molar-refractivity contribution is 0.00611. The van der Waals surface area contributed by atoms with Gasteiger partial charge in [-0.2, -0.15) is 0 Å². The van der Waals surface area contributed by atoms with Crippen molar-refractivity contribution >= 4 is 29.4 Å². The zero-order valence-corrected chi connectivity index (χ0v) is 19.7. The highest BCUT2D eigenvalue weighted by Gasteiger charge is 2.50. The number of allylic oxidation sites excluding steroid dienone is 1. The SMILES string of the molecule is CN=C/C(=C\N)c1ccc(N2CC3(CCOCC3)N(Cc3cccc(C(=O)NC)c3)C2=O)cc1. The molecule has 8 nitrogen and oxygen atoms in total. The first-order valence-corrected chi connectivity index (χ1v) is 11.4. The number of ether oxygens (including phenoxy) is 1. The summed E-state index contributed by atoms with van der Waals surface area (Å²) < 4.78 is 5.63. The van der Waals surface area contributed by atoms with E-state index in [1.165, 1.54) is 6.20 Å². The number of aliphatic imine (C=N–C) groups is 1. The molecule has 3 N–H and O–H groups in total. The Hall–Kier alpha value is -3.65. The van der Waals surface area contributed by atoms with Crippen LogP contribution in [0, 0.1) is 0 Å². The summed E-state index contributed by atoms with van der Waals surface area (Å²) in [6.45, 7) is 2.27. The largest absolute Gasteiger partial charge is 0.404 e. The lowest BCUT2D eigenvalue weighted by Crippen LogP contribution is -2.50. The lowest BCUT2D eigenvalue weighted by atomic mass is 9.88. The van der Waals surface area contributed by atoms with Crippen molar-refractivity contribution in [3.8, 4) is 0 Å². The van der Waals surface area contributed by atoms with Crippen molar-refractivity contribution < 1.29 is 14.3 Å². The number of rotatable bonds is 6. The van der Waals surface area contributed by atoms with Crippen molar-refractivity contribution in [1.29, 1.82) is 0 Å². The van der Waals surface area contributed by atoms with Gasteiger partial charge < -0.3 is 20.7 Å². The fourth-order valence-corrected chi connectivity index (χ4v) is 4.74. The first kappa shape index (κ1) is 23.5. The van der Waals surface area contributed by atoms with Crippen molar-refractivity contribution in [1.82, 2.24) is 10.2 Å². The lowest BCUT2D eigenvalue weighted by Gasteiger charge is -2.40. The summed E-state index contributed by atoms with van der Waals surface area (Å²) in [5.74, 6) is -0.142. The number of anilines is 1. The highest BCUT2D eigenvalue weighted by molar-refractivity contribution is 6.09. The van der Waals surface area contributed by atoms with E-state index >= 15 is 0 Å². The van der Waals surface area contributed by atoms with Gasteiger partial charge in [-0.05, 0) is 48.2 Å². The predicted octanol–water partition coefficient (Wildman–Crippen LogP) is 3.04. The normalized spacial score (nSPS) is 18.2. The van der Waals surface area contributed by atoms with Gasteiger partial charge in [0.15, 0.2) is 0 Å². The van der Waals surface area contributed by atoms with E-state index in [9.17, 15) is 9.59 Å². The van der Waals surface area contributed by atoms with Gasteiger partial charge in [0, 0.05) is 63.1 Å². The molecule has 2 aliphatic heterocycles. The Kier molecular flexibility index (Phi) is 6.98. The van der Waals surface area contributed by atoms with Crippen molar-refractivity contribution in [2.75, 3.05) is 38.8 Å². The maximum Gasteiger partial charge on any atom is 0.325 e. The quantitative estimate of drug-likeness (QED) is 0.646. The molecule has 178 valence electrons. The van der Waals surface area contributed by atoms with Gasteiger partial charge in [0.1, 0.15) is 0 Å². The molecule has 3 amide bonds. The Labute approximate surface area is 200 Å². The first-order valence-electron chi connectivity index (χ1n) is 11.4. The number of nitrogens with one attached hydrogen (secondary N) is 1. The van der Waals surface area contributed by atoms with Crippen LogP contribution in [-0.4, -0.2) is 62.4 Å². The number of hydrogen-bond donors (Lipinski definition) is 2. The Balaban J connectivity index is 1.62. The minimum absolute atomic E-state index is 0.0373. The van der Waals surface area contributed by atoms with E-state index in [-0.39, 0.29) is 17.5 Å². The molecule has 0 radical (unpaired) electrons. The van der Waals surface area contributed by atoms with Crippen molar-refractivity contribution in [2.24, 2.45) is 10.7 Å². The van der Waals surface area contributed by atoms with Gasteiger partial charge in [-0.15, -0.1) is 0 Å². The molecule has 2 aromatic carbocycles. The summed E-state index contributed by atoms with van der Waals surface area (Å²) in [5.41, 5.74) is 9.53. The van der Waals surface area contributed by atoms with E-state index in [0.717, 1.165) is 35.2 Å². The van der Waals surface area contributed by atoms with Crippen LogP contribution in [0.5, 0.6) is 0 Å². The van der Waals surface area contributed by atoms with Gasteiger partial charge in [0.05, 0.1) is 12.1 Å². The fourth-order valence-electron chi connectivity index (χ4n) is 4.74. The second kappa shape index (κ2) is 10.1. The maximum absolute atomic E-state index is 13.7. The molecule has 2 aliphatic rings. The molecule has 4 rings (SSSR count). The van der Waals surface area contributed by atoms with Crippen LogP contribution >= 0.6 is 0 Å². The average Bonchev–Trinajstić information content (AvgIpc) is 3.13. The van der Waals surface area contributed by atoms with Crippen molar-refractivity contribution in [3.63, 3.8) is 0 Å². The molecule has 2 fully saturated rings. The number of carbonyl (C=O) groups excluding carboxylic acids is 2. The molecule has 8 heteroatoms. The van der Waals surface area contributed by atoms with E-state index in [1.54, 1.807) is 26.4 Å². The first-order chi connectivity index (χ1) is 16.5. The Morgan fingerprint density at radius 3 is 2.56 bits per heavy atom. The van der Waals surface area contributed by atoms with E-state index < -0.39 is 0 Å². The van der Waals surface area contributed by atoms with E-state index in [0.29, 0.717) is 31.9 Å². The summed E-state index contributed by atoms with van der Waals surface area (Å²) in [6, 6.07) is 15.2. The molecule has 0 aliphatic carbocycles. The Morgan fingerprint density at radius 2 is 1.91 bits per heavy atom. The third kappa shape index (κ3) is 4.54. The van der Waals surface area contributed by atoms with Gasteiger partial charge in [-0.25, -0.2) is 4.79 Å². The average molecular weight is 462 g/mol. The van der Waals surface area contributed by atoms with Crippen LogP contribution in [0.3, 0.4) is 0 Å². The van der Waals surface area contributed by atoms with Gasteiger partial charge in [-0.3, -0.25) is 14.7 Å². The monoisotopic (exact) mass is 461 g/mol. The van der Waals surface area contributed by atoms with Crippen LogP contribution in [0.1, 0.15) is 34.3 Å². The number of urea groups is 1. The Bertz CT molecular complexity index is 1100. The van der Waals surface area contributed by atoms with Crippen LogP contribution in [0.25, 0.3) is 5.57 Å². The second-order valence-electron chi connectivity index (χ2n) is 8.63. The molecule has 0 aromatic heterocycles. The summed E-state index contributed by atoms with van der Waals surface area (Å²) in [5, 5.41) is 2.66. The predicted molar refractivity (Wildman–Crippen MR) is 134 cm³/mol. The van der Waals surface area contributed by atoms with Crippen molar-refractivity contribution in [3.05, 3.63) is 71.4 Å². The number of carbonyl (C=O) groups is 2. The highest BCUT2D eigenvalue weighted by atomic mass is 16.5. The molecular weight excluding hydrogens is 430 g/mol. The maximum atomic E-state index is 13.7. The highest BCUT2D eigenvalue weighted by Crippen LogP contribution is 2.39. The molecule has 34 heavy (non-hydrogen) atoms. The number of hydrogen-bond acceptors (Lipinski definition) is 5. The van der Waals surface area contributed by atoms with Crippen molar-refractivity contribution in [2.45, 2.75) is 24.9 Å². The molecule has 2 aromatic rings. The zero-order chi connectivity index (χ0) is 24.1. The standard InChI is InChI=1S/C26H31N5O3/c1-28-16-22(15-27)20-6-8-23(9-7-20)30-18-26(10-12-34-13-11-26)31(25(30)33)17-19-4-3-5-21(14-19)24(32)29-2/h3-9,14-16H,10-13,17-18,27H2,1-2H3,(H,29,32)/b22-15+,28-16?. The van der Waals surface area contributed by atoms with Gasteiger partial charge in [0.2, 0.25) is 0 Å². The van der Waals surface area contributed by atoms with Gasteiger partial charge in [-0.1, -0.05) is 24.3 Å². The van der Waals surface area contributed by atoms with E-state index in [1.807, 2.05) is 52.3 Å². The number of nitrogens with two attached hydrogens (primary N) is 1. The molecule has 0 atom stereocenters. The summed E-state index contributed by atoms with van der Waals surface area (Å²) in [7, 11) is 3.31. The van der Waals surface area contributed by atoms with Crippen LogP contribution in [0.15, 0.2) is 59.7 Å². The molecule has 1 spiro atoms. The number of nitrogens with zero attached hydrogens (tertiary/aromatic N) is 3. The van der Waals surface area contributed by atoms with Gasteiger partial charge in [0.25, 0.3) is 5.91 Å².